The molecule has 3 rings (SSSR count). The first-order chi connectivity index (χ1) is 13.2. The van der Waals surface area contributed by atoms with Crippen molar-refractivity contribution in [2.75, 3.05) is 18.0 Å². The van der Waals surface area contributed by atoms with Gasteiger partial charge in [-0.05, 0) is 48.4 Å². The number of hydrogen-bond acceptors (Lipinski definition) is 4. The van der Waals surface area contributed by atoms with Crippen LogP contribution in [0.15, 0.2) is 53.4 Å². The minimum atomic E-state index is -3.71. The largest absolute Gasteiger partial charge is 0.355 e. The van der Waals surface area contributed by atoms with Crippen molar-refractivity contribution in [1.82, 2.24) is 5.32 Å². The van der Waals surface area contributed by atoms with E-state index >= 15 is 0 Å². The maximum atomic E-state index is 12.4. The third-order valence-electron chi connectivity index (χ3n) is 4.60. The van der Waals surface area contributed by atoms with Crippen molar-refractivity contribution in [1.29, 1.82) is 0 Å². The fourth-order valence-electron chi connectivity index (χ4n) is 3.07. The maximum Gasteiger partial charge on any atom is 0.238 e. The number of amides is 2. The molecule has 7 nitrogen and oxygen atoms in total. The minimum Gasteiger partial charge on any atom is -0.355 e. The zero-order valence-corrected chi connectivity index (χ0v) is 16.5. The molecule has 148 valence electrons. The number of benzene rings is 2. The molecule has 28 heavy (non-hydrogen) atoms. The van der Waals surface area contributed by atoms with E-state index in [0.29, 0.717) is 24.5 Å². The Labute approximate surface area is 168 Å². The van der Waals surface area contributed by atoms with Gasteiger partial charge in [0.05, 0.1) is 10.8 Å². The summed E-state index contributed by atoms with van der Waals surface area (Å²) < 4.78 is 22.5. The number of halogens is 1. The minimum absolute atomic E-state index is 0.0482. The highest BCUT2D eigenvalue weighted by Crippen LogP contribution is 2.26. The van der Waals surface area contributed by atoms with Crippen LogP contribution in [0.3, 0.4) is 0 Å². The maximum absolute atomic E-state index is 12.4. The van der Waals surface area contributed by atoms with E-state index in [9.17, 15) is 18.0 Å². The molecule has 0 bridgehead atoms. The number of nitrogens with zero attached hydrogens (tertiary/aromatic N) is 1. The van der Waals surface area contributed by atoms with E-state index in [-0.39, 0.29) is 23.1 Å². The van der Waals surface area contributed by atoms with Crippen molar-refractivity contribution < 1.29 is 18.0 Å². The average molecular weight is 422 g/mol. The summed E-state index contributed by atoms with van der Waals surface area (Å²) in [6.45, 7) is 0.717. The van der Waals surface area contributed by atoms with Crippen LogP contribution in [0.4, 0.5) is 5.69 Å². The molecule has 0 aliphatic carbocycles. The first kappa shape index (κ1) is 20.3. The molecule has 9 heteroatoms. The average Bonchev–Trinajstić information content (AvgIpc) is 3.04. The summed E-state index contributed by atoms with van der Waals surface area (Å²) in [6.07, 6.45) is 0.704. The topological polar surface area (TPSA) is 110 Å². The SMILES string of the molecule is NS(=O)(=O)c1ccc(CCNC(=O)C2CC(=O)N(c3ccc(Cl)cc3)C2)cc1. The van der Waals surface area contributed by atoms with E-state index in [1.54, 1.807) is 41.3 Å². The van der Waals surface area contributed by atoms with Gasteiger partial charge in [0.1, 0.15) is 0 Å². The molecule has 1 aliphatic heterocycles. The lowest BCUT2D eigenvalue weighted by atomic mass is 10.1. The molecule has 0 spiro atoms. The molecule has 1 unspecified atom stereocenters. The Morgan fingerprint density at radius 2 is 1.79 bits per heavy atom. The molecule has 1 aliphatic rings. The van der Waals surface area contributed by atoms with Crippen LogP contribution in [0.2, 0.25) is 5.02 Å². The number of carbonyl (C=O) groups excluding carboxylic acids is 2. The lowest BCUT2D eigenvalue weighted by Gasteiger charge is -2.16. The predicted molar refractivity (Wildman–Crippen MR) is 106 cm³/mol. The van der Waals surface area contributed by atoms with Gasteiger partial charge in [-0.3, -0.25) is 9.59 Å². The summed E-state index contributed by atoms with van der Waals surface area (Å²) in [5.74, 6) is -0.681. The summed E-state index contributed by atoms with van der Waals surface area (Å²) in [4.78, 5) is 26.3. The van der Waals surface area contributed by atoms with Crippen LogP contribution in [0.5, 0.6) is 0 Å². The quantitative estimate of drug-likeness (QED) is 0.739. The number of carbonyl (C=O) groups is 2. The standard InChI is InChI=1S/C19H20ClN3O4S/c20-15-3-5-16(6-4-15)23-12-14(11-18(23)24)19(25)22-10-9-13-1-7-17(8-2-13)28(21,26)27/h1-8,14H,9-12H2,(H,22,25)(H2,21,26,27). The highest BCUT2D eigenvalue weighted by Gasteiger charge is 2.34. The molecule has 1 heterocycles. The number of nitrogens with two attached hydrogens (primary N) is 1. The molecule has 2 amide bonds. The van der Waals surface area contributed by atoms with Gasteiger partial charge < -0.3 is 10.2 Å². The fourth-order valence-corrected chi connectivity index (χ4v) is 3.72. The Hall–Kier alpha value is -2.42. The Bertz CT molecular complexity index is 975. The zero-order valence-electron chi connectivity index (χ0n) is 15.0. The Morgan fingerprint density at radius 3 is 2.39 bits per heavy atom. The summed E-state index contributed by atoms with van der Waals surface area (Å²) in [5.41, 5.74) is 1.60. The summed E-state index contributed by atoms with van der Waals surface area (Å²) in [6, 6.07) is 13.1. The number of anilines is 1. The third-order valence-corrected chi connectivity index (χ3v) is 5.78. The number of nitrogens with one attached hydrogen (secondary N) is 1. The number of primary sulfonamides is 1. The first-order valence-electron chi connectivity index (χ1n) is 8.69. The van der Waals surface area contributed by atoms with Crippen LogP contribution in [0.25, 0.3) is 0 Å². The number of sulfonamides is 1. The second-order valence-corrected chi connectivity index (χ2v) is 8.61. The Balaban J connectivity index is 1.51. The highest BCUT2D eigenvalue weighted by molar-refractivity contribution is 7.89. The van der Waals surface area contributed by atoms with Gasteiger partial charge in [0.15, 0.2) is 0 Å². The van der Waals surface area contributed by atoms with Crippen LogP contribution in [0, 0.1) is 5.92 Å². The molecule has 0 saturated carbocycles. The van der Waals surface area contributed by atoms with Crippen molar-refractivity contribution in [3.05, 3.63) is 59.1 Å². The van der Waals surface area contributed by atoms with E-state index in [1.165, 1.54) is 12.1 Å². The zero-order chi connectivity index (χ0) is 20.3. The van der Waals surface area contributed by atoms with Gasteiger partial charge in [-0.25, -0.2) is 13.6 Å². The second-order valence-electron chi connectivity index (χ2n) is 6.61. The van der Waals surface area contributed by atoms with E-state index in [0.717, 1.165) is 11.3 Å². The molecule has 1 saturated heterocycles. The number of hydrogen-bond donors (Lipinski definition) is 2. The van der Waals surface area contributed by atoms with Gasteiger partial charge in [0, 0.05) is 30.2 Å². The summed E-state index contributed by atoms with van der Waals surface area (Å²) in [5, 5.41) is 8.49. The van der Waals surface area contributed by atoms with Gasteiger partial charge in [-0.2, -0.15) is 0 Å². The lowest BCUT2D eigenvalue weighted by molar-refractivity contribution is -0.126. The van der Waals surface area contributed by atoms with Gasteiger partial charge in [0.2, 0.25) is 21.8 Å². The van der Waals surface area contributed by atoms with E-state index in [4.69, 9.17) is 16.7 Å². The van der Waals surface area contributed by atoms with Gasteiger partial charge in [-0.15, -0.1) is 0 Å². The third kappa shape index (κ3) is 4.89. The van der Waals surface area contributed by atoms with Gasteiger partial charge in [-0.1, -0.05) is 23.7 Å². The van der Waals surface area contributed by atoms with Crippen molar-refractivity contribution in [2.45, 2.75) is 17.7 Å². The lowest BCUT2D eigenvalue weighted by Crippen LogP contribution is -2.34. The first-order valence-corrected chi connectivity index (χ1v) is 10.6. The monoisotopic (exact) mass is 421 g/mol. The van der Waals surface area contributed by atoms with Crippen molar-refractivity contribution in [3.63, 3.8) is 0 Å². The molecule has 1 atom stereocenters. The second kappa shape index (κ2) is 8.30. The Morgan fingerprint density at radius 1 is 1.14 bits per heavy atom. The van der Waals surface area contributed by atoms with E-state index < -0.39 is 15.9 Å². The molecule has 1 fully saturated rings. The predicted octanol–water partition coefficient (Wildman–Crippen LogP) is 1.70. The normalized spacial score (nSPS) is 17.0. The van der Waals surface area contributed by atoms with Gasteiger partial charge >= 0.3 is 0 Å². The van der Waals surface area contributed by atoms with Crippen LogP contribution in [-0.4, -0.2) is 33.3 Å². The molecule has 0 aromatic heterocycles. The summed E-state index contributed by atoms with van der Waals surface area (Å²) in [7, 11) is -3.71. The summed E-state index contributed by atoms with van der Waals surface area (Å²) >= 11 is 5.87. The van der Waals surface area contributed by atoms with Crippen LogP contribution in [0.1, 0.15) is 12.0 Å². The molecular formula is C19H20ClN3O4S. The van der Waals surface area contributed by atoms with E-state index in [2.05, 4.69) is 5.32 Å². The Kier molecular flexibility index (Phi) is 6.02. The molecular weight excluding hydrogens is 402 g/mol. The molecule has 3 N–H and O–H groups in total. The van der Waals surface area contributed by atoms with Crippen LogP contribution < -0.4 is 15.4 Å². The smallest absolute Gasteiger partial charge is 0.238 e. The molecule has 2 aromatic carbocycles. The fraction of sp³-hybridized carbons (Fsp3) is 0.263. The van der Waals surface area contributed by atoms with Crippen LogP contribution in [-0.2, 0) is 26.0 Å². The highest BCUT2D eigenvalue weighted by atomic mass is 35.5. The molecule has 0 radical (unpaired) electrons. The molecule has 2 aromatic rings. The van der Waals surface area contributed by atoms with Crippen molar-refractivity contribution in [3.8, 4) is 0 Å². The number of rotatable bonds is 6. The van der Waals surface area contributed by atoms with Crippen LogP contribution >= 0.6 is 11.6 Å². The van der Waals surface area contributed by atoms with E-state index in [1.807, 2.05) is 0 Å². The van der Waals surface area contributed by atoms with Crippen molar-refractivity contribution >= 4 is 39.1 Å². The van der Waals surface area contributed by atoms with Crippen molar-refractivity contribution in [2.24, 2.45) is 11.1 Å². The van der Waals surface area contributed by atoms with Gasteiger partial charge in [0.25, 0.3) is 0 Å².